The van der Waals surface area contributed by atoms with E-state index in [1.54, 1.807) is 0 Å². The van der Waals surface area contributed by atoms with Gasteiger partial charge >= 0.3 is 0 Å². The molecule has 2 N–H and O–H groups in total. The van der Waals surface area contributed by atoms with Crippen LogP contribution in [0.3, 0.4) is 0 Å². The van der Waals surface area contributed by atoms with Crippen molar-refractivity contribution in [1.29, 1.82) is 0 Å². The zero-order valence-corrected chi connectivity index (χ0v) is 31.2. The summed E-state index contributed by atoms with van der Waals surface area (Å²) in [7, 11) is 0. The Hall–Kier alpha value is -6.89. The number of furan rings is 2. The molecule has 1 aliphatic carbocycles. The van der Waals surface area contributed by atoms with Crippen LogP contribution in [0.5, 0.6) is 0 Å². The lowest BCUT2D eigenvalue weighted by Crippen LogP contribution is -2.45. The van der Waals surface area contributed by atoms with Gasteiger partial charge < -0.3 is 18.7 Å². The SMILES string of the molecule is c1ccc(C2=NC(c3ccccc3)NC(c3cccc4c3oc3ccc(-c5cccc6c5oc5cccc(-n7c8c(c9ccccc97)CCCC8)c56)cc34)N2)cc1. The second-order valence-electron chi connectivity index (χ2n) is 15.4. The molecule has 0 spiro atoms. The number of aromatic nitrogens is 1. The van der Waals surface area contributed by atoms with E-state index in [9.17, 15) is 0 Å². The smallest absolute Gasteiger partial charge is 0.143 e. The number of hydrogen-bond donors (Lipinski definition) is 2. The lowest BCUT2D eigenvalue weighted by molar-refractivity contribution is 0.408. The molecule has 0 amide bonds. The van der Waals surface area contributed by atoms with Gasteiger partial charge in [0.25, 0.3) is 0 Å². The number of nitrogens with one attached hydrogen (secondary N) is 2. The van der Waals surface area contributed by atoms with Crippen LogP contribution < -0.4 is 10.6 Å². The molecule has 2 aliphatic rings. The van der Waals surface area contributed by atoms with Gasteiger partial charge in [0.2, 0.25) is 0 Å². The average Bonchev–Trinajstić information content (AvgIpc) is 3.96. The van der Waals surface area contributed by atoms with Gasteiger partial charge in [0.05, 0.1) is 16.6 Å². The van der Waals surface area contributed by atoms with Crippen LogP contribution in [0.25, 0.3) is 71.6 Å². The molecule has 6 heteroatoms. The molecule has 0 radical (unpaired) electrons. The van der Waals surface area contributed by atoms with Crippen molar-refractivity contribution in [2.45, 2.75) is 38.0 Å². The number of rotatable bonds is 5. The van der Waals surface area contributed by atoms with Crippen molar-refractivity contribution in [3.63, 3.8) is 0 Å². The summed E-state index contributed by atoms with van der Waals surface area (Å²) in [4.78, 5) is 5.11. The molecular formula is C51H38N4O2. The number of benzene rings is 7. The Morgan fingerprint density at radius 1 is 0.579 bits per heavy atom. The van der Waals surface area contributed by atoms with Crippen molar-refractivity contribution in [3.8, 4) is 16.8 Å². The van der Waals surface area contributed by atoms with Gasteiger partial charge in [-0.2, -0.15) is 0 Å². The highest BCUT2D eigenvalue weighted by Gasteiger charge is 2.28. The van der Waals surface area contributed by atoms with E-state index >= 15 is 0 Å². The van der Waals surface area contributed by atoms with Gasteiger partial charge in [-0.15, -0.1) is 0 Å². The molecule has 0 fully saturated rings. The molecule has 6 nitrogen and oxygen atoms in total. The number of aryl methyl sites for hydroxylation is 1. The van der Waals surface area contributed by atoms with Crippen LogP contribution in [-0.2, 0) is 12.8 Å². The lowest BCUT2D eigenvalue weighted by atomic mass is 9.95. The predicted molar refractivity (Wildman–Crippen MR) is 231 cm³/mol. The van der Waals surface area contributed by atoms with Crippen molar-refractivity contribution in [2.24, 2.45) is 4.99 Å². The van der Waals surface area contributed by atoms with E-state index in [0.29, 0.717) is 0 Å². The first-order valence-electron chi connectivity index (χ1n) is 20.0. The average molecular weight is 739 g/mol. The fourth-order valence-electron chi connectivity index (χ4n) is 9.50. The summed E-state index contributed by atoms with van der Waals surface area (Å²) in [6.45, 7) is 0. The van der Waals surface area contributed by atoms with E-state index in [0.717, 1.165) is 90.4 Å². The molecular weight excluding hydrogens is 701 g/mol. The minimum Gasteiger partial charge on any atom is -0.456 e. The Morgan fingerprint density at radius 3 is 2.25 bits per heavy atom. The molecule has 3 aromatic heterocycles. The van der Waals surface area contributed by atoms with Gasteiger partial charge in [0.1, 0.15) is 40.5 Å². The van der Waals surface area contributed by atoms with Crippen molar-refractivity contribution in [2.75, 3.05) is 0 Å². The monoisotopic (exact) mass is 738 g/mol. The van der Waals surface area contributed by atoms with Gasteiger partial charge in [0.15, 0.2) is 0 Å². The third kappa shape index (κ3) is 5.11. The standard InChI is InChI=1S/C51H38N4O2/c1-3-14-31(15-4-1)49-52-50(32-16-5-2-6-17-32)54-51(53-49)39-23-12-21-37-40-30-33(28-29-44(40)56-48(37)39)34-20-11-22-38-46-43(26-13-27-45(46)57-47(34)38)55-41-24-9-7-18-35(41)36-19-8-10-25-42(36)55/h1-7,9,11-18,20-24,26-30,49,51,53H,8,10,19,25H2,(H,52,54). The molecule has 2 unspecified atom stereocenters. The Labute approximate surface area is 329 Å². The first-order chi connectivity index (χ1) is 28.3. The highest BCUT2D eigenvalue weighted by Crippen LogP contribution is 2.43. The van der Waals surface area contributed by atoms with Crippen molar-refractivity contribution < 1.29 is 8.83 Å². The molecule has 4 heterocycles. The van der Waals surface area contributed by atoms with E-state index in [2.05, 4.69) is 149 Å². The number of hydrogen-bond acceptors (Lipinski definition) is 5. The second kappa shape index (κ2) is 12.8. The van der Waals surface area contributed by atoms with Crippen LogP contribution in [0.2, 0.25) is 0 Å². The molecule has 1 aliphatic heterocycles. The van der Waals surface area contributed by atoms with E-state index < -0.39 is 0 Å². The number of fused-ring (bicyclic) bond motifs is 9. The normalized spacial score (nSPS) is 17.0. The van der Waals surface area contributed by atoms with Crippen molar-refractivity contribution >= 4 is 60.6 Å². The minimum absolute atomic E-state index is 0.231. The molecule has 274 valence electrons. The summed E-state index contributed by atoms with van der Waals surface area (Å²) in [6, 6.07) is 55.6. The van der Waals surface area contributed by atoms with E-state index in [1.807, 2.05) is 24.3 Å². The maximum absolute atomic E-state index is 6.84. The number of para-hydroxylation sites is 3. The van der Waals surface area contributed by atoms with Crippen molar-refractivity contribution in [3.05, 3.63) is 186 Å². The van der Waals surface area contributed by atoms with Crippen LogP contribution in [0.4, 0.5) is 0 Å². The summed E-state index contributed by atoms with van der Waals surface area (Å²) in [5, 5.41) is 13.2. The van der Waals surface area contributed by atoms with Gasteiger partial charge in [-0.05, 0) is 72.7 Å². The van der Waals surface area contributed by atoms with Crippen LogP contribution in [0, 0.1) is 0 Å². The molecule has 10 aromatic rings. The van der Waals surface area contributed by atoms with E-state index in [-0.39, 0.29) is 12.3 Å². The summed E-state index contributed by atoms with van der Waals surface area (Å²) in [5.74, 6) is 0.843. The summed E-state index contributed by atoms with van der Waals surface area (Å²) >= 11 is 0. The third-order valence-electron chi connectivity index (χ3n) is 12.1. The molecule has 0 saturated carbocycles. The maximum Gasteiger partial charge on any atom is 0.143 e. The van der Waals surface area contributed by atoms with E-state index in [4.69, 9.17) is 13.8 Å². The largest absolute Gasteiger partial charge is 0.456 e. The highest BCUT2D eigenvalue weighted by atomic mass is 16.3. The molecule has 12 rings (SSSR count). The fourth-order valence-corrected chi connectivity index (χ4v) is 9.50. The Bertz CT molecular complexity index is 3210. The van der Waals surface area contributed by atoms with Gasteiger partial charge in [-0.3, -0.25) is 5.32 Å². The number of aliphatic imine (C=N–C) groups is 1. The first-order valence-corrected chi connectivity index (χ1v) is 20.0. The fraction of sp³-hybridized carbons (Fsp3) is 0.118. The summed E-state index contributed by atoms with van der Waals surface area (Å²) in [6.07, 6.45) is 4.20. The van der Waals surface area contributed by atoms with Gasteiger partial charge in [-0.25, -0.2) is 4.99 Å². The zero-order valence-electron chi connectivity index (χ0n) is 31.2. The molecule has 0 bridgehead atoms. The maximum atomic E-state index is 6.84. The summed E-state index contributed by atoms with van der Waals surface area (Å²) in [5.41, 5.74) is 14.2. The molecule has 2 atom stereocenters. The Morgan fingerprint density at radius 2 is 1.33 bits per heavy atom. The Kier molecular flexibility index (Phi) is 7.29. The topological polar surface area (TPSA) is 67.6 Å². The Balaban J connectivity index is 0.978. The number of amidine groups is 1. The first kappa shape index (κ1) is 32.4. The number of nitrogens with zero attached hydrogens (tertiary/aromatic N) is 2. The second-order valence-corrected chi connectivity index (χ2v) is 15.4. The van der Waals surface area contributed by atoms with E-state index in [1.165, 1.54) is 40.7 Å². The van der Waals surface area contributed by atoms with Crippen LogP contribution >= 0.6 is 0 Å². The van der Waals surface area contributed by atoms with Gasteiger partial charge in [0, 0.05) is 43.9 Å². The van der Waals surface area contributed by atoms with Crippen LogP contribution in [-0.4, -0.2) is 10.4 Å². The lowest BCUT2D eigenvalue weighted by Gasteiger charge is -2.32. The molecule has 7 aromatic carbocycles. The summed E-state index contributed by atoms with van der Waals surface area (Å²) < 4.78 is 16.1. The molecule has 57 heavy (non-hydrogen) atoms. The third-order valence-corrected chi connectivity index (χ3v) is 12.1. The zero-order chi connectivity index (χ0) is 37.5. The van der Waals surface area contributed by atoms with Crippen molar-refractivity contribution in [1.82, 2.24) is 15.2 Å². The predicted octanol–water partition coefficient (Wildman–Crippen LogP) is 12.3. The minimum atomic E-state index is -0.242. The van der Waals surface area contributed by atoms with Gasteiger partial charge in [-0.1, -0.05) is 127 Å². The quantitative estimate of drug-likeness (QED) is 0.184. The highest BCUT2D eigenvalue weighted by molar-refractivity contribution is 6.15. The molecule has 0 saturated heterocycles. The van der Waals surface area contributed by atoms with Crippen LogP contribution in [0.1, 0.15) is 53.1 Å². The van der Waals surface area contributed by atoms with Crippen LogP contribution in [0.15, 0.2) is 172 Å².